The summed E-state index contributed by atoms with van der Waals surface area (Å²) in [7, 11) is 0. The van der Waals surface area contributed by atoms with Crippen LogP contribution in [0, 0.1) is 6.92 Å². The third kappa shape index (κ3) is 4.17. The molecule has 2 aromatic rings. The Balaban J connectivity index is 1.89. The van der Waals surface area contributed by atoms with Gasteiger partial charge in [0, 0.05) is 16.8 Å². The van der Waals surface area contributed by atoms with Crippen LogP contribution in [0.5, 0.6) is 5.75 Å². The van der Waals surface area contributed by atoms with E-state index in [2.05, 4.69) is 19.2 Å². The van der Waals surface area contributed by atoms with E-state index in [1.807, 2.05) is 30.3 Å². The lowest BCUT2D eigenvalue weighted by Gasteiger charge is -2.17. The highest BCUT2D eigenvalue weighted by Crippen LogP contribution is 2.21. The monoisotopic (exact) mass is 289 g/mol. The third-order valence-corrected chi connectivity index (χ3v) is 3.63. The SMILES string of the molecule is Cc1cc(Cl)ccc1NC(C)CCc1ccc(O)cc1. The number of phenols is 1. The summed E-state index contributed by atoms with van der Waals surface area (Å²) in [6.07, 6.45) is 2.02. The quantitative estimate of drug-likeness (QED) is 0.829. The highest BCUT2D eigenvalue weighted by Gasteiger charge is 2.05. The minimum absolute atomic E-state index is 0.316. The fourth-order valence-electron chi connectivity index (χ4n) is 2.17. The van der Waals surface area contributed by atoms with Gasteiger partial charge in [-0.15, -0.1) is 0 Å². The Morgan fingerprint density at radius 1 is 1.15 bits per heavy atom. The number of hydrogen-bond donors (Lipinski definition) is 2. The van der Waals surface area contributed by atoms with Crippen LogP contribution in [0.25, 0.3) is 0 Å². The number of halogens is 1. The molecule has 1 unspecified atom stereocenters. The van der Waals surface area contributed by atoms with Crippen molar-refractivity contribution >= 4 is 17.3 Å². The summed E-state index contributed by atoms with van der Waals surface area (Å²) in [6, 6.07) is 13.7. The van der Waals surface area contributed by atoms with E-state index in [1.54, 1.807) is 12.1 Å². The summed E-state index contributed by atoms with van der Waals surface area (Å²) in [5.41, 5.74) is 3.53. The Labute approximate surface area is 125 Å². The van der Waals surface area contributed by atoms with E-state index in [0.717, 1.165) is 29.1 Å². The lowest BCUT2D eigenvalue weighted by Crippen LogP contribution is -2.16. The second-order valence-corrected chi connectivity index (χ2v) is 5.65. The molecule has 0 saturated carbocycles. The highest BCUT2D eigenvalue weighted by molar-refractivity contribution is 6.30. The number of aromatic hydroxyl groups is 1. The van der Waals surface area contributed by atoms with Gasteiger partial charge in [-0.05, 0) is 68.1 Å². The Bertz CT molecular complexity index is 566. The fourth-order valence-corrected chi connectivity index (χ4v) is 2.40. The summed E-state index contributed by atoms with van der Waals surface area (Å²) in [5, 5.41) is 13.5. The van der Waals surface area contributed by atoms with E-state index in [-0.39, 0.29) is 0 Å². The fraction of sp³-hybridized carbons (Fsp3) is 0.294. The van der Waals surface area contributed by atoms with Gasteiger partial charge in [-0.3, -0.25) is 0 Å². The lowest BCUT2D eigenvalue weighted by molar-refractivity contribution is 0.475. The molecule has 0 fully saturated rings. The molecule has 2 rings (SSSR count). The molecular weight excluding hydrogens is 270 g/mol. The molecule has 0 saturated heterocycles. The van der Waals surface area contributed by atoms with Crippen LogP contribution in [0.4, 0.5) is 5.69 Å². The first-order valence-electron chi connectivity index (χ1n) is 6.85. The Hall–Kier alpha value is -1.67. The molecule has 0 aliphatic rings. The molecule has 0 aliphatic heterocycles. The number of aryl methyl sites for hydroxylation is 2. The van der Waals surface area contributed by atoms with Crippen LogP contribution >= 0.6 is 11.6 Å². The molecule has 106 valence electrons. The van der Waals surface area contributed by atoms with Gasteiger partial charge in [-0.1, -0.05) is 23.7 Å². The van der Waals surface area contributed by atoms with Crippen molar-refractivity contribution in [2.45, 2.75) is 32.7 Å². The van der Waals surface area contributed by atoms with E-state index >= 15 is 0 Å². The average Bonchev–Trinajstić information content (AvgIpc) is 2.41. The first-order chi connectivity index (χ1) is 9.54. The Kier molecular flexibility index (Phi) is 4.91. The summed E-state index contributed by atoms with van der Waals surface area (Å²) in [5.74, 6) is 0.316. The normalized spacial score (nSPS) is 12.2. The predicted molar refractivity (Wildman–Crippen MR) is 85.7 cm³/mol. The van der Waals surface area contributed by atoms with Gasteiger partial charge in [0.15, 0.2) is 0 Å². The van der Waals surface area contributed by atoms with Gasteiger partial charge in [0.1, 0.15) is 5.75 Å². The Morgan fingerprint density at radius 3 is 2.50 bits per heavy atom. The molecule has 0 aromatic heterocycles. The van der Waals surface area contributed by atoms with Gasteiger partial charge in [0.2, 0.25) is 0 Å². The molecule has 0 aliphatic carbocycles. The van der Waals surface area contributed by atoms with E-state index in [4.69, 9.17) is 11.6 Å². The number of nitrogens with one attached hydrogen (secondary N) is 1. The Morgan fingerprint density at radius 2 is 1.85 bits per heavy atom. The van der Waals surface area contributed by atoms with Gasteiger partial charge in [-0.2, -0.15) is 0 Å². The molecule has 2 nitrogen and oxygen atoms in total. The largest absolute Gasteiger partial charge is 0.508 e. The smallest absolute Gasteiger partial charge is 0.115 e. The molecular formula is C17H20ClNO. The minimum Gasteiger partial charge on any atom is -0.508 e. The first kappa shape index (κ1) is 14.7. The van der Waals surface area contributed by atoms with E-state index in [1.165, 1.54) is 5.56 Å². The van der Waals surface area contributed by atoms with Crippen LogP contribution in [-0.2, 0) is 6.42 Å². The van der Waals surface area contributed by atoms with Crippen molar-refractivity contribution in [3.63, 3.8) is 0 Å². The summed E-state index contributed by atoms with van der Waals surface area (Å²) < 4.78 is 0. The van der Waals surface area contributed by atoms with Crippen molar-refractivity contribution in [3.05, 3.63) is 58.6 Å². The van der Waals surface area contributed by atoms with Crippen molar-refractivity contribution in [2.75, 3.05) is 5.32 Å². The van der Waals surface area contributed by atoms with E-state index in [9.17, 15) is 5.11 Å². The van der Waals surface area contributed by atoms with Gasteiger partial charge in [0.25, 0.3) is 0 Å². The second kappa shape index (κ2) is 6.67. The molecule has 0 radical (unpaired) electrons. The zero-order valence-electron chi connectivity index (χ0n) is 11.9. The van der Waals surface area contributed by atoms with Crippen molar-refractivity contribution < 1.29 is 5.11 Å². The maximum absolute atomic E-state index is 9.26. The standard InChI is InChI=1S/C17H20ClNO/c1-12-11-15(18)7-10-17(12)19-13(2)3-4-14-5-8-16(20)9-6-14/h5-11,13,19-20H,3-4H2,1-2H3. The van der Waals surface area contributed by atoms with Crippen LogP contribution in [-0.4, -0.2) is 11.1 Å². The van der Waals surface area contributed by atoms with Gasteiger partial charge in [0.05, 0.1) is 0 Å². The number of hydrogen-bond acceptors (Lipinski definition) is 2. The summed E-state index contributed by atoms with van der Waals surface area (Å²) in [4.78, 5) is 0. The first-order valence-corrected chi connectivity index (χ1v) is 7.23. The molecule has 2 N–H and O–H groups in total. The molecule has 0 heterocycles. The molecule has 0 amide bonds. The number of rotatable bonds is 5. The van der Waals surface area contributed by atoms with Crippen molar-refractivity contribution in [3.8, 4) is 5.75 Å². The van der Waals surface area contributed by atoms with Crippen LogP contribution in [0.3, 0.4) is 0 Å². The topological polar surface area (TPSA) is 32.3 Å². The maximum atomic E-state index is 9.26. The lowest BCUT2D eigenvalue weighted by atomic mass is 10.1. The van der Waals surface area contributed by atoms with Crippen LogP contribution in [0.15, 0.2) is 42.5 Å². The number of anilines is 1. The molecule has 3 heteroatoms. The molecule has 0 spiro atoms. The maximum Gasteiger partial charge on any atom is 0.115 e. The van der Waals surface area contributed by atoms with Gasteiger partial charge < -0.3 is 10.4 Å². The number of phenolic OH excluding ortho intramolecular Hbond substituents is 1. The van der Waals surface area contributed by atoms with Crippen LogP contribution < -0.4 is 5.32 Å². The zero-order valence-corrected chi connectivity index (χ0v) is 12.6. The summed E-state index contributed by atoms with van der Waals surface area (Å²) >= 11 is 5.96. The van der Waals surface area contributed by atoms with Crippen LogP contribution in [0.2, 0.25) is 5.02 Å². The minimum atomic E-state index is 0.316. The van der Waals surface area contributed by atoms with Gasteiger partial charge >= 0.3 is 0 Å². The highest BCUT2D eigenvalue weighted by atomic mass is 35.5. The van der Waals surface area contributed by atoms with Crippen molar-refractivity contribution in [1.82, 2.24) is 0 Å². The van der Waals surface area contributed by atoms with Crippen molar-refractivity contribution in [1.29, 1.82) is 0 Å². The zero-order chi connectivity index (χ0) is 14.5. The van der Waals surface area contributed by atoms with E-state index < -0.39 is 0 Å². The number of benzene rings is 2. The van der Waals surface area contributed by atoms with E-state index in [0.29, 0.717) is 11.8 Å². The van der Waals surface area contributed by atoms with Gasteiger partial charge in [-0.25, -0.2) is 0 Å². The molecule has 1 atom stereocenters. The second-order valence-electron chi connectivity index (χ2n) is 5.21. The molecule has 2 aromatic carbocycles. The van der Waals surface area contributed by atoms with Crippen LogP contribution in [0.1, 0.15) is 24.5 Å². The molecule has 20 heavy (non-hydrogen) atoms. The molecule has 0 bridgehead atoms. The third-order valence-electron chi connectivity index (χ3n) is 3.39. The average molecular weight is 290 g/mol. The predicted octanol–water partition coefficient (Wildman–Crippen LogP) is 4.79. The van der Waals surface area contributed by atoms with Crippen molar-refractivity contribution in [2.24, 2.45) is 0 Å². The summed E-state index contributed by atoms with van der Waals surface area (Å²) in [6.45, 7) is 4.23.